The zero-order chi connectivity index (χ0) is 23.2. The first kappa shape index (κ1) is 21.2. The van der Waals surface area contributed by atoms with Crippen LogP contribution in [0.5, 0.6) is 5.75 Å². The molecule has 0 unspecified atom stereocenters. The van der Waals surface area contributed by atoms with Gasteiger partial charge >= 0.3 is 0 Å². The van der Waals surface area contributed by atoms with Crippen LogP contribution in [0.25, 0.3) is 16.7 Å². The summed E-state index contributed by atoms with van der Waals surface area (Å²) in [5.74, 6) is 1.28. The van der Waals surface area contributed by atoms with Crippen LogP contribution in [0, 0.1) is 19.3 Å². The molecule has 2 fully saturated rings. The molecule has 170 valence electrons. The van der Waals surface area contributed by atoms with Gasteiger partial charge < -0.3 is 29.6 Å². The SMILES string of the molecule is Cc1oc2cc(O/C(=C/C=N)c3[nH]cc(C=O)c3C)ccc2c1C(=O)NC1CC2(CCO2)C1. The number of ether oxygens (including phenoxy) is 2. The minimum Gasteiger partial charge on any atom is -0.460 e. The predicted octanol–water partition coefficient (Wildman–Crippen LogP) is 4.31. The summed E-state index contributed by atoms with van der Waals surface area (Å²) in [6, 6.07) is 5.40. The molecule has 3 heterocycles. The molecule has 1 saturated carbocycles. The van der Waals surface area contributed by atoms with E-state index in [0.29, 0.717) is 45.1 Å². The monoisotopic (exact) mass is 447 g/mol. The summed E-state index contributed by atoms with van der Waals surface area (Å²) in [5.41, 5.74) is 2.94. The Kier molecular flexibility index (Phi) is 5.17. The zero-order valence-corrected chi connectivity index (χ0v) is 18.5. The zero-order valence-electron chi connectivity index (χ0n) is 18.5. The highest BCUT2D eigenvalue weighted by molar-refractivity contribution is 6.07. The van der Waals surface area contributed by atoms with Gasteiger partial charge in [-0.3, -0.25) is 9.59 Å². The van der Waals surface area contributed by atoms with Gasteiger partial charge in [-0.25, -0.2) is 0 Å². The van der Waals surface area contributed by atoms with Crippen molar-refractivity contribution in [2.75, 3.05) is 6.61 Å². The van der Waals surface area contributed by atoms with Crippen LogP contribution >= 0.6 is 0 Å². The minimum absolute atomic E-state index is 0.00335. The molecule has 0 radical (unpaired) electrons. The van der Waals surface area contributed by atoms with Gasteiger partial charge in [0.2, 0.25) is 0 Å². The van der Waals surface area contributed by atoms with Gasteiger partial charge in [0, 0.05) is 41.5 Å². The lowest BCUT2D eigenvalue weighted by Crippen LogP contribution is -2.61. The van der Waals surface area contributed by atoms with Crippen molar-refractivity contribution >= 4 is 35.1 Å². The van der Waals surface area contributed by atoms with Crippen LogP contribution in [0.4, 0.5) is 0 Å². The molecule has 2 aliphatic rings. The van der Waals surface area contributed by atoms with E-state index < -0.39 is 0 Å². The fourth-order valence-electron chi connectivity index (χ4n) is 4.72. The van der Waals surface area contributed by atoms with Crippen LogP contribution in [0.15, 0.2) is 34.9 Å². The van der Waals surface area contributed by atoms with Gasteiger partial charge in [-0.2, -0.15) is 0 Å². The van der Waals surface area contributed by atoms with Gasteiger partial charge in [-0.05, 0) is 50.8 Å². The van der Waals surface area contributed by atoms with E-state index in [1.54, 1.807) is 31.3 Å². The highest BCUT2D eigenvalue weighted by atomic mass is 16.5. The molecule has 1 aliphatic carbocycles. The fraction of sp³-hybridized carbons (Fsp3) is 0.320. The number of carbonyl (C=O) groups is 2. The fourth-order valence-corrected chi connectivity index (χ4v) is 4.72. The van der Waals surface area contributed by atoms with Gasteiger partial charge in [0.15, 0.2) is 12.0 Å². The third-order valence-corrected chi connectivity index (χ3v) is 6.62. The number of allylic oxidation sites excluding steroid dienone is 1. The van der Waals surface area contributed by atoms with E-state index in [1.807, 2.05) is 6.92 Å². The van der Waals surface area contributed by atoms with Crippen molar-refractivity contribution in [3.8, 4) is 5.75 Å². The van der Waals surface area contributed by atoms with Gasteiger partial charge in [0.1, 0.15) is 17.1 Å². The van der Waals surface area contributed by atoms with Crippen molar-refractivity contribution < 1.29 is 23.5 Å². The van der Waals surface area contributed by atoms with Crippen molar-refractivity contribution in [1.29, 1.82) is 5.41 Å². The maximum absolute atomic E-state index is 13.0. The quantitative estimate of drug-likeness (QED) is 0.283. The molecule has 3 aromatic rings. The maximum atomic E-state index is 13.0. The molecule has 8 heteroatoms. The Bertz CT molecular complexity index is 1290. The number of H-pyrrole nitrogens is 1. The first-order valence-corrected chi connectivity index (χ1v) is 10.9. The summed E-state index contributed by atoms with van der Waals surface area (Å²) in [6.07, 6.45) is 7.78. The first-order chi connectivity index (χ1) is 15.9. The molecule has 1 aliphatic heterocycles. The van der Waals surface area contributed by atoms with Crippen molar-refractivity contribution in [2.45, 2.75) is 44.8 Å². The molecule has 0 bridgehead atoms. The van der Waals surface area contributed by atoms with Crippen molar-refractivity contribution in [3.63, 3.8) is 0 Å². The van der Waals surface area contributed by atoms with E-state index in [0.717, 1.165) is 43.9 Å². The van der Waals surface area contributed by atoms with Crippen LogP contribution in [0.3, 0.4) is 0 Å². The Balaban J connectivity index is 1.37. The van der Waals surface area contributed by atoms with Crippen LogP contribution in [-0.4, -0.2) is 41.6 Å². The standard InChI is InChI=1S/C25H25N3O5/c1-14-16(13-29)12-27-23(14)20(5-7-26)33-18-3-4-19-21(9-18)32-15(2)22(19)24(30)28-17-10-25(11-17)6-8-31-25/h3-5,7,9,12-13,17,26-27H,6,8,10-11H2,1-2H3,(H,28,30)/b20-5+,26-7?. The number of furan rings is 1. The normalized spacial score (nSPS) is 22.0. The number of aromatic nitrogens is 1. The summed E-state index contributed by atoms with van der Waals surface area (Å²) in [6.45, 7) is 4.40. The number of hydrogen-bond acceptors (Lipinski definition) is 6. The maximum Gasteiger partial charge on any atom is 0.255 e. The minimum atomic E-state index is -0.146. The Hall–Kier alpha value is -3.65. The number of aromatic amines is 1. The Morgan fingerprint density at radius 2 is 2.12 bits per heavy atom. The molecular weight excluding hydrogens is 422 g/mol. The van der Waals surface area contributed by atoms with Crippen molar-refractivity contribution in [3.05, 3.63) is 58.6 Å². The number of amides is 1. The second-order valence-electron chi connectivity index (χ2n) is 8.71. The molecule has 1 amide bonds. The summed E-state index contributed by atoms with van der Waals surface area (Å²) >= 11 is 0. The average molecular weight is 447 g/mol. The Labute approximate surface area is 190 Å². The topological polar surface area (TPSA) is 117 Å². The smallest absolute Gasteiger partial charge is 0.255 e. The van der Waals surface area contributed by atoms with E-state index >= 15 is 0 Å². The van der Waals surface area contributed by atoms with Gasteiger partial charge in [-0.15, -0.1) is 0 Å². The first-order valence-electron chi connectivity index (χ1n) is 10.9. The van der Waals surface area contributed by atoms with Crippen LogP contribution in [0.2, 0.25) is 0 Å². The molecule has 0 atom stereocenters. The molecule has 1 saturated heterocycles. The highest BCUT2D eigenvalue weighted by Gasteiger charge is 2.50. The molecule has 33 heavy (non-hydrogen) atoms. The molecule has 2 aromatic heterocycles. The molecule has 5 rings (SSSR count). The highest BCUT2D eigenvalue weighted by Crippen LogP contribution is 2.45. The number of carbonyl (C=O) groups excluding carboxylic acids is 2. The van der Waals surface area contributed by atoms with Gasteiger partial charge in [0.05, 0.1) is 23.5 Å². The van der Waals surface area contributed by atoms with E-state index in [-0.39, 0.29) is 17.6 Å². The lowest BCUT2D eigenvalue weighted by Gasteiger charge is -2.53. The van der Waals surface area contributed by atoms with Crippen molar-refractivity contribution in [1.82, 2.24) is 10.3 Å². The number of fused-ring (bicyclic) bond motifs is 1. The van der Waals surface area contributed by atoms with E-state index in [1.165, 1.54) is 6.08 Å². The number of benzene rings is 1. The Morgan fingerprint density at radius 1 is 1.33 bits per heavy atom. The molecule has 8 nitrogen and oxygen atoms in total. The van der Waals surface area contributed by atoms with Crippen LogP contribution in [0.1, 0.15) is 57.0 Å². The second kappa shape index (κ2) is 8.04. The second-order valence-corrected chi connectivity index (χ2v) is 8.71. The van der Waals surface area contributed by atoms with Crippen molar-refractivity contribution in [2.24, 2.45) is 0 Å². The number of aldehydes is 1. The predicted molar refractivity (Wildman–Crippen MR) is 123 cm³/mol. The Morgan fingerprint density at radius 3 is 2.76 bits per heavy atom. The van der Waals surface area contributed by atoms with Crippen LogP contribution in [-0.2, 0) is 4.74 Å². The molecular formula is C25H25N3O5. The molecule has 1 spiro atoms. The lowest BCUT2D eigenvalue weighted by atomic mass is 9.71. The average Bonchev–Trinajstić information content (AvgIpc) is 3.26. The third kappa shape index (κ3) is 3.66. The third-order valence-electron chi connectivity index (χ3n) is 6.62. The van der Waals surface area contributed by atoms with Gasteiger partial charge in [0.25, 0.3) is 5.91 Å². The summed E-state index contributed by atoms with van der Waals surface area (Å²) in [4.78, 5) is 27.2. The van der Waals surface area contributed by atoms with E-state index in [2.05, 4.69) is 10.3 Å². The van der Waals surface area contributed by atoms with E-state index in [9.17, 15) is 9.59 Å². The molecule has 3 N–H and O–H groups in total. The van der Waals surface area contributed by atoms with Gasteiger partial charge in [-0.1, -0.05) is 0 Å². The number of nitrogens with one attached hydrogen (secondary N) is 3. The summed E-state index contributed by atoms with van der Waals surface area (Å²) in [7, 11) is 0. The van der Waals surface area contributed by atoms with Crippen LogP contribution < -0.4 is 10.1 Å². The lowest BCUT2D eigenvalue weighted by molar-refractivity contribution is -0.200. The number of hydrogen-bond donors (Lipinski definition) is 3. The van der Waals surface area contributed by atoms with E-state index in [4.69, 9.17) is 19.3 Å². The number of aryl methyl sites for hydroxylation is 1. The summed E-state index contributed by atoms with van der Waals surface area (Å²) in [5, 5.41) is 11.3. The largest absolute Gasteiger partial charge is 0.460 e. The number of rotatable bonds is 7. The summed E-state index contributed by atoms with van der Waals surface area (Å²) < 4.78 is 17.5. The molecule has 1 aromatic carbocycles.